The monoisotopic (exact) mass is 329 g/mol. The van der Waals surface area contributed by atoms with Crippen molar-refractivity contribution in [2.45, 2.75) is 38.6 Å². The van der Waals surface area contributed by atoms with Gasteiger partial charge in [-0.15, -0.1) is 0 Å². The molecule has 3 rings (SSSR count). The summed E-state index contributed by atoms with van der Waals surface area (Å²) in [4.78, 5) is 4.36. The predicted octanol–water partition coefficient (Wildman–Crippen LogP) is 0.375. The summed E-state index contributed by atoms with van der Waals surface area (Å²) >= 11 is 0. The van der Waals surface area contributed by atoms with Gasteiger partial charge in [0.15, 0.2) is 5.82 Å². The van der Waals surface area contributed by atoms with Gasteiger partial charge in [0.1, 0.15) is 5.82 Å². The minimum absolute atomic E-state index is 0.134. The number of hydrogen-bond acceptors (Lipinski definition) is 5. The van der Waals surface area contributed by atoms with Gasteiger partial charge in [0.25, 0.3) is 10.2 Å². The van der Waals surface area contributed by atoms with Crippen molar-refractivity contribution in [3.05, 3.63) is 11.6 Å². The van der Waals surface area contributed by atoms with Crippen molar-refractivity contribution in [1.29, 1.82) is 0 Å². The first-order valence-electron chi connectivity index (χ1n) is 7.78. The van der Waals surface area contributed by atoms with Crippen LogP contribution in [0, 0.1) is 5.92 Å². The second-order valence-electron chi connectivity index (χ2n) is 6.11. The van der Waals surface area contributed by atoms with Gasteiger partial charge in [0.05, 0.1) is 13.2 Å². The number of aromatic nitrogens is 3. The lowest BCUT2D eigenvalue weighted by Gasteiger charge is -2.29. The quantitative estimate of drug-likeness (QED) is 0.813. The molecule has 2 aliphatic rings. The Morgan fingerprint density at radius 2 is 2.14 bits per heavy atom. The molecule has 2 aliphatic heterocycles. The van der Waals surface area contributed by atoms with Gasteiger partial charge in [-0.3, -0.25) is 5.10 Å². The van der Waals surface area contributed by atoms with Crippen molar-refractivity contribution >= 4 is 10.2 Å². The van der Waals surface area contributed by atoms with E-state index in [1.54, 1.807) is 0 Å². The highest BCUT2D eigenvalue weighted by Gasteiger charge is 2.27. The third kappa shape index (κ3) is 3.65. The minimum Gasteiger partial charge on any atom is -0.381 e. The molecule has 1 aromatic heterocycles. The molecule has 1 unspecified atom stereocenters. The fourth-order valence-electron chi connectivity index (χ4n) is 2.79. The van der Waals surface area contributed by atoms with Gasteiger partial charge in [-0.25, -0.2) is 4.98 Å². The van der Waals surface area contributed by atoms with Gasteiger partial charge < -0.3 is 4.74 Å². The number of hydrogen-bond donors (Lipinski definition) is 2. The summed E-state index contributed by atoms with van der Waals surface area (Å²) in [6.45, 7) is 4.81. The number of aromatic amines is 1. The molecule has 0 spiro atoms. The van der Waals surface area contributed by atoms with Gasteiger partial charge in [0.2, 0.25) is 0 Å². The average molecular weight is 329 g/mol. The molecule has 1 atom stereocenters. The van der Waals surface area contributed by atoms with Crippen molar-refractivity contribution in [3.8, 4) is 0 Å². The van der Waals surface area contributed by atoms with Crippen LogP contribution >= 0.6 is 0 Å². The number of piperidine rings is 1. The number of nitrogens with one attached hydrogen (secondary N) is 2. The zero-order valence-corrected chi connectivity index (χ0v) is 13.6. The van der Waals surface area contributed by atoms with Crippen LogP contribution in [0.5, 0.6) is 0 Å². The first-order valence-corrected chi connectivity index (χ1v) is 9.22. The standard InChI is InChI=1S/C13H23N5O3S/c1-10-2-5-18(6-3-10)22(19,20)14-8-12-15-13(17-16-12)11-4-7-21-9-11/h10-11,14H,2-9H2,1H3,(H,15,16,17). The van der Waals surface area contributed by atoms with Crippen LogP contribution in [-0.4, -0.2) is 54.2 Å². The molecule has 0 radical (unpaired) electrons. The van der Waals surface area contributed by atoms with Crippen molar-refractivity contribution in [2.24, 2.45) is 5.92 Å². The summed E-state index contributed by atoms with van der Waals surface area (Å²) in [5.41, 5.74) is 0. The Morgan fingerprint density at radius 3 is 2.82 bits per heavy atom. The summed E-state index contributed by atoms with van der Waals surface area (Å²) in [6.07, 6.45) is 2.74. The van der Waals surface area contributed by atoms with Crippen LogP contribution in [-0.2, 0) is 21.5 Å². The first-order chi connectivity index (χ1) is 10.5. The molecular weight excluding hydrogens is 306 g/mol. The number of ether oxygens (including phenoxy) is 1. The smallest absolute Gasteiger partial charge is 0.279 e. The molecular formula is C13H23N5O3S. The van der Waals surface area contributed by atoms with E-state index >= 15 is 0 Å². The van der Waals surface area contributed by atoms with Crippen LogP contribution in [0.4, 0.5) is 0 Å². The summed E-state index contributed by atoms with van der Waals surface area (Å²) in [7, 11) is -3.44. The summed E-state index contributed by atoms with van der Waals surface area (Å²) in [6, 6.07) is 0. The van der Waals surface area contributed by atoms with Crippen molar-refractivity contribution < 1.29 is 13.2 Å². The second-order valence-corrected chi connectivity index (χ2v) is 7.86. The Labute approximate surface area is 130 Å². The Morgan fingerprint density at radius 1 is 1.36 bits per heavy atom. The summed E-state index contributed by atoms with van der Waals surface area (Å²) < 4.78 is 33.9. The normalized spacial score (nSPS) is 24.9. The predicted molar refractivity (Wildman–Crippen MR) is 80.3 cm³/mol. The molecule has 0 amide bonds. The van der Waals surface area contributed by atoms with E-state index in [1.165, 1.54) is 4.31 Å². The van der Waals surface area contributed by atoms with Crippen LogP contribution in [0.1, 0.15) is 43.8 Å². The highest BCUT2D eigenvalue weighted by molar-refractivity contribution is 7.87. The topological polar surface area (TPSA) is 100 Å². The fourth-order valence-corrected chi connectivity index (χ4v) is 3.98. The van der Waals surface area contributed by atoms with Crippen molar-refractivity contribution in [3.63, 3.8) is 0 Å². The molecule has 0 bridgehead atoms. The lowest BCUT2D eigenvalue weighted by Crippen LogP contribution is -2.44. The molecule has 0 aromatic carbocycles. The van der Waals surface area contributed by atoms with Gasteiger partial charge in [-0.05, 0) is 25.2 Å². The van der Waals surface area contributed by atoms with Crippen molar-refractivity contribution in [1.82, 2.24) is 24.2 Å². The van der Waals surface area contributed by atoms with Crippen LogP contribution in [0.3, 0.4) is 0 Å². The largest absolute Gasteiger partial charge is 0.381 e. The molecule has 1 aromatic rings. The van der Waals surface area contributed by atoms with E-state index in [1.807, 2.05) is 0 Å². The average Bonchev–Trinajstić information content (AvgIpc) is 3.17. The van der Waals surface area contributed by atoms with Crippen LogP contribution in [0.15, 0.2) is 0 Å². The molecule has 8 nitrogen and oxygen atoms in total. The van der Waals surface area contributed by atoms with Gasteiger partial charge in [-0.2, -0.15) is 22.5 Å². The maximum atomic E-state index is 12.3. The van der Waals surface area contributed by atoms with E-state index in [-0.39, 0.29) is 12.5 Å². The van der Waals surface area contributed by atoms with Gasteiger partial charge >= 0.3 is 0 Å². The van der Waals surface area contributed by atoms with Crippen LogP contribution in [0.25, 0.3) is 0 Å². The Kier molecular flexibility index (Phi) is 4.76. The molecule has 2 fully saturated rings. The lowest BCUT2D eigenvalue weighted by atomic mass is 10.0. The van der Waals surface area contributed by atoms with Crippen LogP contribution < -0.4 is 4.72 Å². The minimum atomic E-state index is -3.44. The number of rotatable bonds is 5. The zero-order valence-electron chi connectivity index (χ0n) is 12.8. The third-order valence-electron chi connectivity index (χ3n) is 4.35. The highest BCUT2D eigenvalue weighted by atomic mass is 32.2. The molecule has 2 N–H and O–H groups in total. The molecule has 9 heteroatoms. The van der Waals surface area contributed by atoms with E-state index in [0.29, 0.717) is 37.3 Å². The fraction of sp³-hybridized carbons (Fsp3) is 0.846. The summed E-state index contributed by atoms with van der Waals surface area (Å²) in [5, 5.41) is 6.96. The molecule has 0 aliphatic carbocycles. The maximum absolute atomic E-state index is 12.3. The van der Waals surface area contributed by atoms with E-state index in [0.717, 1.165) is 25.9 Å². The molecule has 3 heterocycles. The Hall–Kier alpha value is -1.03. The lowest BCUT2D eigenvalue weighted by molar-refractivity contribution is 0.193. The van der Waals surface area contributed by atoms with Crippen molar-refractivity contribution in [2.75, 3.05) is 26.3 Å². The van der Waals surface area contributed by atoms with E-state index in [4.69, 9.17) is 4.74 Å². The SMILES string of the molecule is CC1CCN(S(=O)(=O)NCc2nc(C3CCOC3)n[nH]2)CC1. The van der Waals surface area contributed by atoms with E-state index in [9.17, 15) is 8.42 Å². The molecule has 22 heavy (non-hydrogen) atoms. The first kappa shape index (κ1) is 15.9. The number of H-pyrrole nitrogens is 1. The van der Waals surface area contributed by atoms with E-state index < -0.39 is 10.2 Å². The van der Waals surface area contributed by atoms with E-state index in [2.05, 4.69) is 26.8 Å². The zero-order chi connectivity index (χ0) is 15.6. The van der Waals surface area contributed by atoms with Gasteiger partial charge in [0, 0.05) is 25.6 Å². The van der Waals surface area contributed by atoms with Gasteiger partial charge in [-0.1, -0.05) is 6.92 Å². The maximum Gasteiger partial charge on any atom is 0.279 e. The Balaban J connectivity index is 1.55. The number of nitrogens with zero attached hydrogens (tertiary/aromatic N) is 3. The molecule has 2 saturated heterocycles. The second kappa shape index (κ2) is 6.61. The Bertz CT molecular complexity index is 589. The third-order valence-corrected chi connectivity index (χ3v) is 5.90. The van der Waals surface area contributed by atoms with Crippen LogP contribution in [0.2, 0.25) is 0 Å². The molecule has 124 valence electrons. The highest BCUT2D eigenvalue weighted by Crippen LogP contribution is 2.22. The summed E-state index contributed by atoms with van der Waals surface area (Å²) in [5.74, 6) is 2.05. The molecule has 0 saturated carbocycles.